The van der Waals surface area contributed by atoms with E-state index in [0.29, 0.717) is 0 Å². The zero-order valence-electron chi connectivity index (χ0n) is 15.3. The van der Waals surface area contributed by atoms with E-state index < -0.39 is 0 Å². The number of carbonyl (C=O) groups is 1. The van der Waals surface area contributed by atoms with E-state index in [1.54, 1.807) is 14.2 Å². The number of aromatic nitrogens is 1. The van der Waals surface area contributed by atoms with Gasteiger partial charge in [-0.15, -0.1) is 0 Å². The minimum absolute atomic E-state index is 0.0876. The monoisotopic (exact) mass is 348 g/mol. The van der Waals surface area contributed by atoms with Gasteiger partial charge in [0.25, 0.3) is 0 Å². The molecule has 1 amide bonds. The van der Waals surface area contributed by atoms with Crippen LogP contribution in [0.25, 0.3) is 10.9 Å². The Bertz CT molecular complexity index is 944. The molecule has 4 heteroatoms. The summed E-state index contributed by atoms with van der Waals surface area (Å²) in [7, 11) is 3.41. The molecule has 0 saturated heterocycles. The van der Waals surface area contributed by atoms with E-state index in [4.69, 9.17) is 4.74 Å². The first-order chi connectivity index (χ1) is 12.7. The summed E-state index contributed by atoms with van der Waals surface area (Å²) in [5.74, 6) is 0.848. The lowest BCUT2D eigenvalue weighted by Crippen LogP contribution is -2.28. The van der Waals surface area contributed by atoms with E-state index in [2.05, 4.69) is 46.3 Å². The van der Waals surface area contributed by atoms with Crippen molar-refractivity contribution in [2.75, 3.05) is 14.2 Å². The predicted octanol–water partition coefficient (Wildman–Crippen LogP) is 3.86. The maximum atomic E-state index is 12.5. The minimum Gasteiger partial charge on any atom is -0.497 e. The van der Waals surface area contributed by atoms with Crippen molar-refractivity contribution in [3.05, 3.63) is 65.4 Å². The molecule has 1 aliphatic rings. The zero-order chi connectivity index (χ0) is 18.1. The van der Waals surface area contributed by atoms with Gasteiger partial charge in [-0.05, 0) is 48.6 Å². The quantitative estimate of drug-likeness (QED) is 0.778. The van der Waals surface area contributed by atoms with Gasteiger partial charge in [-0.3, -0.25) is 4.79 Å². The normalized spacial score (nSPS) is 16.3. The molecule has 0 saturated carbocycles. The van der Waals surface area contributed by atoms with Crippen molar-refractivity contribution in [2.24, 2.45) is 0 Å². The fourth-order valence-corrected chi connectivity index (χ4v) is 4.20. The number of methoxy groups -OCH3 is 1. The molecule has 4 nitrogen and oxygen atoms in total. The second-order valence-corrected chi connectivity index (χ2v) is 6.87. The summed E-state index contributed by atoms with van der Waals surface area (Å²) in [5, 5.41) is 3.99. The lowest BCUT2D eigenvalue weighted by atomic mass is 9.84. The molecule has 0 radical (unpaired) electrons. The van der Waals surface area contributed by atoms with Crippen LogP contribution in [0.4, 0.5) is 0 Å². The fraction of sp³-hybridized carbons (Fsp3) is 0.318. The molecule has 1 aliphatic carbocycles. The van der Waals surface area contributed by atoms with Crippen LogP contribution in [0.3, 0.4) is 0 Å². The third-order valence-corrected chi connectivity index (χ3v) is 5.42. The Morgan fingerprint density at radius 2 is 2.04 bits per heavy atom. The summed E-state index contributed by atoms with van der Waals surface area (Å²) in [6, 6.07) is 16.7. The Balaban J connectivity index is 1.93. The Kier molecular flexibility index (Phi) is 4.41. The number of carbonyl (C=O) groups excluding carboxylic acids is 1. The summed E-state index contributed by atoms with van der Waals surface area (Å²) < 4.78 is 7.84. The van der Waals surface area contributed by atoms with Crippen LogP contribution in [0.1, 0.15) is 35.6 Å². The van der Waals surface area contributed by atoms with E-state index >= 15 is 0 Å². The fourth-order valence-electron chi connectivity index (χ4n) is 4.20. The van der Waals surface area contributed by atoms with E-state index in [1.807, 2.05) is 12.1 Å². The first-order valence-electron chi connectivity index (χ1n) is 9.17. The number of ether oxygens (including phenoxy) is 1. The highest BCUT2D eigenvalue weighted by molar-refractivity contribution is 5.94. The molecule has 0 fully saturated rings. The van der Waals surface area contributed by atoms with Gasteiger partial charge < -0.3 is 14.6 Å². The average Bonchev–Trinajstić information content (AvgIpc) is 3.01. The number of hydrogen-bond donors (Lipinski definition) is 1. The Labute approximate surface area is 153 Å². The van der Waals surface area contributed by atoms with Crippen molar-refractivity contribution in [1.29, 1.82) is 0 Å². The molecule has 26 heavy (non-hydrogen) atoms. The van der Waals surface area contributed by atoms with Gasteiger partial charge >= 0.3 is 0 Å². The van der Waals surface area contributed by atoms with Gasteiger partial charge in [0, 0.05) is 30.2 Å². The van der Waals surface area contributed by atoms with Gasteiger partial charge in [-0.1, -0.05) is 30.3 Å². The largest absolute Gasteiger partial charge is 0.497 e. The lowest BCUT2D eigenvalue weighted by molar-refractivity contribution is -0.122. The molecule has 0 spiro atoms. The number of rotatable bonds is 4. The highest BCUT2D eigenvalue weighted by Crippen LogP contribution is 2.40. The summed E-state index contributed by atoms with van der Waals surface area (Å²) in [6.45, 7) is 0.819. The third kappa shape index (κ3) is 2.75. The van der Waals surface area contributed by atoms with Gasteiger partial charge in [0.2, 0.25) is 5.91 Å². The molecule has 1 heterocycles. The number of nitrogens with zero attached hydrogens (tertiary/aromatic N) is 1. The number of benzene rings is 2. The predicted molar refractivity (Wildman–Crippen MR) is 104 cm³/mol. The molecule has 1 unspecified atom stereocenters. The first kappa shape index (κ1) is 16.7. The molecule has 3 aromatic rings. The minimum atomic E-state index is -0.0876. The molecule has 0 bridgehead atoms. The molecule has 1 aromatic heterocycles. The number of nitrogens with one attached hydrogen (secondary N) is 1. The summed E-state index contributed by atoms with van der Waals surface area (Å²) >= 11 is 0. The molecule has 0 aliphatic heterocycles. The van der Waals surface area contributed by atoms with Crippen molar-refractivity contribution in [3.63, 3.8) is 0 Å². The van der Waals surface area contributed by atoms with Crippen LogP contribution in [0, 0.1) is 0 Å². The number of hydrogen-bond acceptors (Lipinski definition) is 2. The third-order valence-electron chi connectivity index (χ3n) is 5.42. The topological polar surface area (TPSA) is 43.3 Å². The first-order valence-corrected chi connectivity index (χ1v) is 9.17. The summed E-state index contributed by atoms with van der Waals surface area (Å²) in [4.78, 5) is 12.5. The van der Waals surface area contributed by atoms with Crippen LogP contribution in [0.15, 0.2) is 48.5 Å². The molecule has 4 rings (SSSR count). The van der Waals surface area contributed by atoms with Crippen LogP contribution >= 0.6 is 0 Å². The van der Waals surface area contributed by atoms with Gasteiger partial charge in [-0.25, -0.2) is 0 Å². The van der Waals surface area contributed by atoms with E-state index in [-0.39, 0.29) is 11.8 Å². The summed E-state index contributed by atoms with van der Waals surface area (Å²) in [5.41, 5.74) is 4.91. The average molecular weight is 348 g/mol. The van der Waals surface area contributed by atoms with E-state index in [9.17, 15) is 4.79 Å². The lowest BCUT2D eigenvalue weighted by Gasteiger charge is -2.23. The van der Waals surface area contributed by atoms with Gasteiger partial charge in [0.1, 0.15) is 5.75 Å². The van der Waals surface area contributed by atoms with Crippen LogP contribution < -0.4 is 10.1 Å². The van der Waals surface area contributed by atoms with Gasteiger partial charge in [0.05, 0.1) is 13.0 Å². The molecule has 1 N–H and O–H groups in total. The van der Waals surface area contributed by atoms with Crippen molar-refractivity contribution in [2.45, 2.75) is 31.7 Å². The van der Waals surface area contributed by atoms with Crippen LogP contribution in [-0.2, 0) is 17.8 Å². The van der Waals surface area contributed by atoms with Crippen molar-refractivity contribution in [1.82, 2.24) is 9.88 Å². The molecule has 1 atom stereocenters. The molecule has 2 aromatic carbocycles. The van der Waals surface area contributed by atoms with Gasteiger partial charge in [-0.2, -0.15) is 0 Å². The van der Waals surface area contributed by atoms with Crippen molar-refractivity contribution in [3.8, 4) is 5.75 Å². The highest BCUT2D eigenvalue weighted by atomic mass is 16.5. The van der Waals surface area contributed by atoms with E-state index in [1.165, 1.54) is 22.3 Å². The van der Waals surface area contributed by atoms with Gasteiger partial charge in [0.15, 0.2) is 0 Å². The smallest absolute Gasteiger partial charge is 0.227 e. The SMILES string of the molecule is CNC(=O)C1CCCc2c1c1cc(OC)ccc1n2Cc1ccccc1. The Morgan fingerprint density at radius 1 is 1.23 bits per heavy atom. The van der Waals surface area contributed by atoms with Crippen molar-refractivity contribution >= 4 is 16.8 Å². The zero-order valence-corrected chi connectivity index (χ0v) is 15.3. The van der Waals surface area contributed by atoms with E-state index in [0.717, 1.165) is 36.9 Å². The Hall–Kier alpha value is -2.75. The highest BCUT2D eigenvalue weighted by Gasteiger charge is 2.31. The maximum absolute atomic E-state index is 12.5. The van der Waals surface area contributed by atoms with Crippen LogP contribution in [0.5, 0.6) is 5.75 Å². The molecular formula is C22H24N2O2. The van der Waals surface area contributed by atoms with Crippen molar-refractivity contribution < 1.29 is 9.53 Å². The second-order valence-electron chi connectivity index (χ2n) is 6.87. The van der Waals surface area contributed by atoms with Crippen LogP contribution in [0.2, 0.25) is 0 Å². The maximum Gasteiger partial charge on any atom is 0.227 e. The molecular weight excluding hydrogens is 324 g/mol. The number of amides is 1. The summed E-state index contributed by atoms with van der Waals surface area (Å²) in [6.07, 6.45) is 2.94. The molecule has 134 valence electrons. The number of likely N-dealkylation sites (N-methyl/N-ethyl adjacent to an activating group) is 1. The second kappa shape index (κ2) is 6.87. The Morgan fingerprint density at radius 3 is 2.77 bits per heavy atom. The number of fused-ring (bicyclic) bond motifs is 3. The van der Waals surface area contributed by atoms with Crippen LogP contribution in [-0.4, -0.2) is 24.6 Å². The standard InChI is InChI=1S/C22H24N2O2/c1-23-22(25)17-9-6-10-20-21(17)18-13-16(26-2)11-12-19(18)24(20)14-15-7-4-3-5-8-15/h3-5,7-8,11-13,17H,6,9-10,14H2,1-2H3,(H,23,25).